The second kappa shape index (κ2) is 11.7. The summed E-state index contributed by atoms with van der Waals surface area (Å²) >= 11 is 0. The average molecular weight is 529 g/mol. The fourth-order valence-corrected chi connectivity index (χ4v) is 4.64. The van der Waals surface area contributed by atoms with Gasteiger partial charge in [-0.15, -0.1) is 0 Å². The molecule has 39 heavy (non-hydrogen) atoms. The van der Waals surface area contributed by atoms with Crippen LogP contribution in [0.1, 0.15) is 67.7 Å². The van der Waals surface area contributed by atoms with Crippen molar-refractivity contribution in [3.8, 4) is 22.8 Å². The van der Waals surface area contributed by atoms with Crippen molar-refractivity contribution in [1.82, 2.24) is 9.55 Å². The van der Waals surface area contributed by atoms with E-state index in [2.05, 4.69) is 19.9 Å². The van der Waals surface area contributed by atoms with E-state index in [4.69, 9.17) is 14.5 Å². The first-order valence-corrected chi connectivity index (χ1v) is 13.3. The number of pyridine rings is 2. The zero-order chi connectivity index (χ0) is 28.3. The number of para-hydroxylation sites is 1. The van der Waals surface area contributed by atoms with E-state index in [1.807, 2.05) is 50.2 Å². The summed E-state index contributed by atoms with van der Waals surface area (Å²) in [4.78, 5) is 32.3. The summed E-state index contributed by atoms with van der Waals surface area (Å²) in [6.07, 6.45) is 0.274. The zero-order valence-electron chi connectivity index (χ0n) is 23.4. The standard InChI is InChI=1S/C32H36N2O5/c1-7-24-30(35)28(25-15-14-21-12-13-22(20(4)5)16-26(21)33-25)29(32(37)39-18-19(2)3)34(31(24)36)17-23-10-8-9-11-27(23)38-6/h8-16,19-20,35H,7,17-18H2,1-6H3. The lowest BCUT2D eigenvalue weighted by Crippen LogP contribution is -2.31. The summed E-state index contributed by atoms with van der Waals surface area (Å²) in [5.41, 5.74) is 2.87. The molecule has 0 bridgehead atoms. The second-order valence-electron chi connectivity index (χ2n) is 10.4. The minimum Gasteiger partial charge on any atom is -0.507 e. The topological polar surface area (TPSA) is 90.7 Å². The Morgan fingerprint density at radius 2 is 1.77 bits per heavy atom. The molecular formula is C32H36N2O5. The number of aromatic hydroxyl groups is 1. The molecule has 204 valence electrons. The summed E-state index contributed by atoms with van der Waals surface area (Å²) in [6, 6.07) is 17.1. The Bertz CT molecular complexity index is 1570. The molecule has 0 aliphatic rings. The number of ether oxygens (including phenoxy) is 2. The lowest BCUT2D eigenvalue weighted by molar-refractivity contribution is 0.0445. The Kier molecular flexibility index (Phi) is 8.38. The fraction of sp³-hybridized carbons (Fsp3) is 0.344. The van der Waals surface area contributed by atoms with Gasteiger partial charge in [0.25, 0.3) is 5.56 Å². The van der Waals surface area contributed by atoms with Gasteiger partial charge in [0.05, 0.1) is 42.6 Å². The Labute approximate surface area is 229 Å². The van der Waals surface area contributed by atoms with Gasteiger partial charge in [-0.3, -0.25) is 9.36 Å². The van der Waals surface area contributed by atoms with Crippen molar-refractivity contribution >= 4 is 16.9 Å². The third-order valence-electron chi connectivity index (χ3n) is 6.79. The third-order valence-corrected chi connectivity index (χ3v) is 6.79. The predicted octanol–water partition coefficient (Wildman–Crippen LogP) is 6.32. The molecule has 0 saturated heterocycles. The van der Waals surface area contributed by atoms with Gasteiger partial charge in [-0.05, 0) is 42.0 Å². The molecule has 0 amide bonds. The van der Waals surface area contributed by atoms with Crippen molar-refractivity contribution in [3.63, 3.8) is 0 Å². The van der Waals surface area contributed by atoms with Crippen LogP contribution >= 0.6 is 0 Å². The Morgan fingerprint density at radius 3 is 2.44 bits per heavy atom. The predicted molar refractivity (Wildman–Crippen MR) is 154 cm³/mol. The normalized spacial score (nSPS) is 11.4. The van der Waals surface area contributed by atoms with Gasteiger partial charge in [-0.2, -0.15) is 0 Å². The van der Waals surface area contributed by atoms with Crippen molar-refractivity contribution in [2.75, 3.05) is 13.7 Å². The molecule has 4 aromatic rings. The summed E-state index contributed by atoms with van der Waals surface area (Å²) in [5, 5.41) is 12.4. The number of hydrogen-bond donors (Lipinski definition) is 1. The van der Waals surface area contributed by atoms with Crippen LogP contribution in [0.5, 0.6) is 11.5 Å². The number of hydrogen-bond acceptors (Lipinski definition) is 6. The van der Waals surface area contributed by atoms with Crippen molar-refractivity contribution in [2.45, 2.75) is 53.5 Å². The first-order valence-electron chi connectivity index (χ1n) is 13.3. The molecule has 0 atom stereocenters. The van der Waals surface area contributed by atoms with Crippen LogP contribution in [-0.2, 0) is 17.7 Å². The van der Waals surface area contributed by atoms with E-state index in [0.29, 0.717) is 22.9 Å². The van der Waals surface area contributed by atoms with Gasteiger partial charge in [-0.1, -0.05) is 71.0 Å². The number of fused-ring (bicyclic) bond motifs is 1. The number of rotatable bonds is 9. The highest BCUT2D eigenvalue weighted by atomic mass is 16.5. The van der Waals surface area contributed by atoms with Gasteiger partial charge in [0.1, 0.15) is 17.2 Å². The molecule has 0 aliphatic carbocycles. The van der Waals surface area contributed by atoms with Crippen LogP contribution < -0.4 is 10.3 Å². The highest BCUT2D eigenvalue weighted by molar-refractivity contribution is 5.98. The second-order valence-corrected chi connectivity index (χ2v) is 10.4. The van der Waals surface area contributed by atoms with Crippen LogP contribution in [0.4, 0.5) is 0 Å². The first kappa shape index (κ1) is 27.9. The minimum atomic E-state index is -0.693. The molecule has 4 rings (SSSR count). The molecule has 0 saturated carbocycles. The monoisotopic (exact) mass is 528 g/mol. The smallest absolute Gasteiger partial charge is 0.355 e. The van der Waals surface area contributed by atoms with E-state index in [1.165, 1.54) is 4.57 Å². The van der Waals surface area contributed by atoms with Gasteiger partial charge in [0.15, 0.2) is 0 Å². The summed E-state index contributed by atoms with van der Waals surface area (Å²) in [7, 11) is 1.56. The van der Waals surface area contributed by atoms with Crippen molar-refractivity contribution in [1.29, 1.82) is 0 Å². The van der Waals surface area contributed by atoms with Gasteiger partial charge >= 0.3 is 5.97 Å². The largest absolute Gasteiger partial charge is 0.507 e. The van der Waals surface area contributed by atoms with E-state index >= 15 is 0 Å². The number of carbonyl (C=O) groups is 1. The molecule has 0 unspecified atom stereocenters. The molecule has 7 heteroatoms. The zero-order valence-corrected chi connectivity index (χ0v) is 23.4. The van der Waals surface area contributed by atoms with E-state index in [-0.39, 0.29) is 48.1 Å². The first-order chi connectivity index (χ1) is 18.7. The quantitative estimate of drug-likeness (QED) is 0.256. The summed E-state index contributed by atoms with van der Waals surface area (Å²) < 4.78 is 12.5. The van der Waals surface area contributed by atoms with E-state index in [1.54, 1.807) is 26.2 Å². The maximum absolute atomic E-state index is 13.7. The van der Waals surface area contributed by atoms with Crippen LogP contribution in [0.2, 0.25) is 0 Å². The van der Waals surface area contributed by atoms with Gasteiger partial charge < -0.3 is 14.6 Å². The van der Waals surface area contributed by atoms with Crippen LogP contribution in [-0.4, -0.2) is 34.3 Å². The van der Waals surface area contributed by atoms with E-state index in [9.17, 15) is 14.7 Å². The van der Waals surface area contributed by atoms with Crippen molar-refractivity contribution < 1.29 is 19.4 Å². The molecule has 2 heterocycles. The highest BCUT2D eigenvalue weighted by Crippen LogP contribution is 2.36. The number of carbonyl (C=O) groups excluding carboxylic acids is 1. The Morgan fingerprint density at radius 1 is 1.05 bits per heavy atom. The maximum Gasteiger partial charge on any atom is 0.355 e. The molecule has 7 nitrogen and oxygen atoms in total. The number of benzene rings is 2. The average Bonchev–Trinajstić information content (AvgIpc) is 2.92. The maximum atomic E-state index is 13.7. The van der Waals surface area contributed by atoms with E-state index < -0.39 is 11.5 Å². The van der Waals surface area contributed by atoms with Gasteiger partial charge in [0.2, 0.25) is 0 Å². The van der Waals surface area contributed by atoms with Crippen molar-refractivity contribution in [3.05, 3.63) is 87.3 Å². The molecule has 0 spiro atoms. The van der Waals surface area contributed by atoms with Gasteiger partial charge in [0, 0.05) is 10.9 Å². The summed E-state index contributed by atoms with van der Waals surface area (Å²) in [6.45, 7) is 10.1. The molecule has 2 aromatic carbocycles. The fourth-order valence-electron chi connectivity index (χ4n) is 4.64. The third kappa shape index (κ3) is 5.67. The van der Waals surface area contributed by atoms with Gasteiger partial charge in [-0.25, -0.2) is 9.78 Å². The lowest BCUT2D eigenvalue weighted by Gasteiger charge is -2.21. The Balaban J connectivity index is 2.03. The van der Waals surface area contributed by atoms with Crippen LogP contribution in [0.25, 0.3) is 22.2 Å². The molecule has 0 aliphatic heterocycles. The number of aromatic nitrogens is 2. The van der Waals surface area contributed by atoms with Crippen molar-refractivity contribution in [2.24, 2.45) is 5.92 Å². The highest BCUT2D eigenvalue weighted by Gasteiger charge is 2.29. The summed E-state index contributed by atoms with van der Waals surface area (Å²) in [5.74, 6) is 0.0417. The number of methoxy groups -OCH3 is 1. The van der Waals surface area contributed by atoms with Crippen LogP contribution in [0.3, 0.4) is 0 Å². The lowest BCUT2D eigenvalue weighted by atomic mass is 9.99. The van der Waals surface area contributed by atoms with Crippen LogP contribution in [0, 0.1) is 5.92 Å². The molecule has 0 fully saturated rings. The molecule has 2 aromatic heterocycles. The molecular weight excluding hydrogens is 492 g/mol. The number of nitrogens with zero attached hydrogens (tertiary/aromatic N) is 2. The number of esters is 1. The van der Waals surface area contributed by atoms with E-state index in [0.717, 1.165) is 16.5 Å². The minimum absolute atomic E-state index is 0.0341. The SMILES string of the molecule is CCc1c(O)c(-c2ccc3ccc(C(C)C)cc3n2)c(C(=O)OCC(C)C)n(Cc2ccccc2OC)c1=O. The Hall–Kier alpha value is -4.13. The van der Waals surface area contributed by atoms with Crippen LogP contribution in [0.15, 0.2) is 59.4 Å². The molecule has 1 N–H and O–H groups in total. The molecule has 0 radical (unpaired) electrons.